The largest absolute Gasteiger partial charge is 0.338 e. The number of halogens is 1. The van der Waals surface area contributed by atoms with E-state index < -0.39 is 20.0 Å². The van der Waals surface area contributed by atoms with Crippen LogP contribution in [0.2, 0.25) is 5.02 Å². The van der Waals surface area contributed by atoms with Gasteiger partial charge in [-0.05, 0) is 67.1 Å². The minimum atomic E-state index is -3.71. The Morgan fingerprint density at radius 2 is 1.68 bits per heavy atom. The van der Waals surface area contributed by atoms with E-state index in [2.05, 4.69) is 25.3 Å². The Bertz CT molecular complexity index is 1570. The summed E-state index contributed by atoms with van der Waals surface area (Å²) < 4.78 is 53.2. The Hall–Kier alpha value is -2.77. The number of hydrogen-bond acceptors (Lipinski definition) is 8. The van der Waals surface area contributed by atoms with Gasteiger partial charge in [-0.15, -0.1) is 0 Å². The average molecular weight is 563 g/mol. The van der Waals surface area contributed by atoms with Crippen LogP contribution in [0.4, 0.5) is 23.1 Å². The number of fused-ring (bicyclic) bond motifs is 3. The first-order valence-corrected chi connectivity index (χ1v) is 15.4. The third kappa shape index (κ3) is 5.30. The van der Waals surface area contributed by atoms with Crippen LogP contribution in [0.25, 0.3) is 0 Å². The minimum absolute atomic E-state index is 0.0608. The number of nitrogens with one attached hydrogen (secondary N) is 3. The molecule has 2 aromatic carbocycles. The van der Waals surface area contributed by atoms with E-state index >= 15 is 0 Å². The minimum Gasteiger partial charge on any atom is -0.338 e. The van der Waals surface area contributed by atoms with Gasteiger partial charge < -0.3 is 10.6 Å². The van der Waals surface area contributed by atoms with Gasteiger partial charge in [-0.2, -0.15) is 4.98 Å². The highest BCUT2D eigenvalue weighted by Crippen LogP contribution is 2.44. The molecule has 2 unspecified atom stereocenters. The van der Waals surface area contributed by atoms with Crippen molar-refractivity contribution in [3.8, 4) is 0 Å². The second-order valence-corrected chi connectivity index (χ2v) is 13.5. The molecule has 2 bridgehead atoms. The van der Waals surface area contributed by atoms with Gasteiger partial charge >= 0.3 is 0 Å². The van der Waals surface area contributed by atoms with Gasteiger partial charge in [0.1, 0.15) is 9.92 Å². The van der Waals surface area contributed by atoms with Crippen molar-refractivity contribution >= 4 is 54.8 Å². The van der Waals surface area contributed by atoms with Crippen LogP contribution in [0.1, 0.15) is 35.8 Å². The maximum absolute atomic E-state index is 12.4. The summed E-state index contributed by atoms with van der Waals surface area (Å²) in [5.41, 5.74) is 3.42. The lowest BCUT2D eigenvalue weighted by molar-refractivity contribution is 0.410. The van der Waals surface area contributed by atoms with E-state index in [1.807, 2.05) is 18.2 Å². The van der Waals surface area contributed by atoms with E-state index in [0.717, 1.165) is 24.1 Å². The van der Waals surface area contributed by atoms with Gasteiger partial charge in [0.2, 0.25) is 26.0 Å². The highest BCUT2D eigenvalue weighted by atomic mass is 35.5. The Labute approximate surface area is 221 Å². The van der Waals surface area contributed by atoms with Crippen LogP contribution in [0, 0.1) is 0 Å². The van der Waals surface area contributed by atoms with Crippen LogP contribution < -0.4 is 15.4 Å². The maximum atomic E-state index is 12.4. The zero-order chi connectivity index (χ0) is 26.4. The smallest absolute Gasteiger partial charge is 0.242 e. The summed E-state index contributed by atoms with van der Waals surface area (Å²) in [5, 5.41) is 6.43. The van der Waals surface area contributed by atoms with Gasteiger partial charge in [0.15, 0.2) is 5.82 Å². The van der Waals surface area contributed by atoms with Gasteiger partial charge in [-0.3, -0.25) is 0 Å². The molecular weight excluding hydrogens is 536 g/mol. The van der Waals surface area contributed by atoms with Gasteiger partial charge in [0.05, 0.1) is 18.1 Å². The number of anilines is 4. The molecule has 6 rings (SSSR count). The van der Waals surface area contributed by atoms with Crippen LogP contribution in [-0.4, -0.2) is 57.5 Å². The standard InChI is InChI=1S/C24H27ClN6O4S2/c1-26-37(34,35)22-6-4-3-5-21(22)29-23-20(25)12-27-24(30-23)28-17-9-10-18-15-7-8-16(19(18)11-17)14-31(13-15)36(2,32)33/h3-6,9-12,15-16,26H,7-8,13-14H2,1-2H3,(H2,27,28,29,30). The van der Waals surface area contributed by atoms with Gasteiger partial charge in [0, 0.05) is 18.8 Å². The molecule has 2 aliphatic heterocycles. The second kappa shape index (κ2) is 9.84. The molecule has 10 nitrogen and oxygen atoms in total. The van der Waals surface area contributed by atoms with Gasteiger partial charge in [0.25, 0.3) is 0 Å². The van der Waals surface area contributed by atoms with Crippen LogP contribution in [0.3, 0.4) is 0 Å². The zero-order valence-electron chi connectivity index (χ0n) is 20.3. The average Bonchev–Trinajstić information content (AvgIpc) is 3.18. The van der Waals surface area contributed by atoms with Gasteiger partial charge in [-0.25, -0.2) is 30.8 Å². The van der Waals surface area contributed by atoms with Crippen molar-refractivity contribution in [2.45, 2.75) is 29.6 Å². The van der Waals surface area contributed by atoms with E-state index in [4.69, 9.17) is 11.6 Å². The number of sulfonamides is 2. The Morgan fingerprint density at radius 3 is 2.38 bits per heavy atom. The van der Waals surface area contributed by atoms with Crippen molar-refractivity contribution in [2.24, 2.45) is 0 Å². The normalized spacial score (nSPS) is 19.8. The van der Waals surface area contributed by atoms with Crippen molar-refractivity contribution in [1.29, 1.82) is 0 Å². The van der Waals surface area contributed by atoms with Crippen LogP contribution in [0.5, 0.6) is 0 Å². The molecule has 0 saturated carbocycles. The Balaban J connectivity index is 1.41. The molecule has 3 heterocycles. The summed E-state index contributed by atoms with van der Waals surface area (Å²) in [6.07, 6.45) is 4.61. The number of nitrogens with zero attached hydrogens (tertiary/aromatic N) is 3. The molecule has 0 amide bonds. The Kier molecular flexibility index (Phi) is 6.88. The quantitative estimate of drug-likeness (QED) is 0.396. The third-order valence-corrected chi connectivity index (χ3v) is 9.83. The fourth-order valence-corrected chi connectivity index (χ4v) is 6.92. The van der Waals surface area contributed by atoms with Crippen molar-refractivity contribution < 1.29 is 16.8 Å². The SMILES string of the molecule is CNS(=O)(=O)c1ccccc1Nc1nc(Nc2ccc3c(c2)C2CCC3CN(S(C)(=O)=O)C2)ncc1Cl. The number of benzene rings is 2. The molecule has 0 radical (unpaired) electrons. The fourth-order valence-electron chi connectivity index (χ4n) is 4.99. The van der Waals surface area contributed by atoms with Crippen LogP contribution in [0.15, 0.2) is 53.6 Å². The van der Waals surface area contributed by atoms with Crippen molar-refractivity contribution in [2.75, 3.05) is 37.0 Å². The summed E-state index contributed by atoms with van der Waals surface area (Å²) in [5.74, 6) is 0.821. The summed E-state index contributed by atoms with van der Waals surface area (Å²) in [6.45, 7) is 0.988. The van der Waals surface area contributed by atoms with E-state index in [0.29, 0.717) is 18.8 Å². The molecule has 1 aromatic heterocycles. The first kappa shape index (κ1) is 25.9. The molecule has 1 aliphatic carbocycles. The lowest BCUT2D eigenvalue weighted by atomic mass is 9.78. The summed E-state index contributed by atoms with van der Waals surface area (Å²) in [4.78, 5) is 8.80. The first-order valence-electron chi connectivity index (χ1n) is 11.7. The third-order valence-electron chi connectivity index (χ3n) is 6.85. The molecule has 2 atom stereocenters. The predicted octanol–water partition coefficient (Wildman–Crippen LogP) is 3.76. The molecule has 37 heavy (non-hydrogen) atoms. The van der Waals surface area contributed by atoms with Gasteiger partial charge in [-0.1, -0.05) is 29.8 Å². The molecule has 13 heteroatoms. The van der Waals surface area contributed by atoms with E-state index in [-0.39, 0.29) is 33.5 Å². The zero-order valence-corrected chi connectivity index (χ0v) is 22.7. The van der Waals surface area contributed by atoms with E-state index in [1.165, 1.54) is 31.1 Å². The molecule has 3 aromatic rings. The van der Waals surface area contributed by atoms with Crippen molar-refractivity contribution in [3.05, 3.63) is 64.8 Å². The Morgan fingerprint density at radius 1 is 0.973 bits per heavy atom. The summed E-state index contributed by atoms with van der Waals surface area (Å²) in [6, 6.07) is 12.5. The summed E-state index contributed by atoms with van der Waals surface area (Å²) in [7, 11) is -5.63. The molecule has 0 spiro atoms. The molecule has 196 valence electrons. The molecule has 3 N–H and O–H groups in total. The fraction of sp³-hybridized carbons (Fsp3) is 0.333. The lowest BCUT2D eigenvalue weighted by Gasteiger charge is -2.27. The highest BCUT2D eigenvalue weighted by Gasteiger charge is 2.37. The topological polar surface area (TPSA) is 133 Å². The van der Waals surface area contributed by atoms with Crippen molar-refractivity contribution in [1.82, 2.24) is 19.0 Å². The van der Waals surface area contributed by atoms with Crippen LogP contribution in [-0.2, 0) is 20.0 Å². The summed E-state index contributed by atoms with van der Waals surface area (Å²) >= 11 is 6.32. The molecule has 1 saturated heterocycles. The first-order chi connectivity index (χ1) is 17.5. The second-order valence-electron chi connectivity index (χ2n) is 9.24. The van der Waals surface area contributed by atoms with E-state index in [9.17, 15) is 16.8 Å². The lowest BCUT2D eigenvalue weighted by Crippen LogP contribution is -2.33. The molecule has 3 aliphatic rings. The van der Waals surface area contributed by atoms with E-state index in [1.54, 1.807) is 22.5 Å². The number of aromatic nitrogens is 2. The highest BCUT2D eigenvalue weighted by molar-refractivity contribution is 7.89. The number of hydrogen-bond donors (Lipinski definition) is 3. The molecular formula is C24H27ClN6O4S2. The number of rotatable bonds is 7. The molecule has 1 fully saturated rings. The predicted molar refractivity (Wildman–Crippen MR) is 144 cm³/mol. The monoisotopic (exact) mass is 562 g/mol. The number of para-hydroxylation sites is 1. The maximum Gasteiger partial charge on any atom is 0.242 e. The van der Waals surface area contributed by atoms with Crippen LogP contribution >= 0.6 is 11.6 Å². The van der Waals surface area contributed by atoms with Crippen molar-refractivity contribution in [3.63, 3.8) is 0 Å².